The number of hydrogen-bond donors (Lipinski definition) is 2. The Morgan fingerprint density at radius 2 is 1.77 bits per heavy atom. The van der Waals surface area contributed by atoms with Gasteiger partial charge < -0.3 is 10.6 Å². The number of carbonyl (C=O) groups excluding carboxylic acids is 1. The molecule has 0 bridgehead atoms. The van der Waals surface area contributed by atoms with Gasteiger partial charge in [-0.25, -0.2) is 4.68 Å². The number of nitrogens with one attached hydrogen (secondary N) is 2. The maximum Gasteiger partial charge on any atom is 0.410 e. The predicted molar refractivity (Wildman–Crippen MR) is 115 cm³/mol. The number of amides is 1. The molecule has 5 nitrogen and oxygen atoms in total. The van der Waals surface area contributed by atoms with Crippen molar-refractivity contribution in [1.29, 1.82) is 0 Å². The summed E-state index contributed by atoms with van der Waals surface area (Å²) in [6.07, 6.45) is -4.11. The third kappa shape index (κ3) is 4.61. The molecule has 0 saturated carbocycles. The molecule has 1 aliphatic heterocycles. The molecule has 31 heavy (non-hydrogen) atoms. The summed E-state index contributed by atoms with van der Waals surface area (Å²) in [6, 6.07) is 16.2. The molecule has 2 heterocycles. The highest BCUT2D eigenvalue weighted by Crippen LogP contribution is 2.46. The van der Waals surface area contributed by atoms with E-state index in [0.29, 0.717) is 13.0 Å². The van der Waals surface area contributed by atoms with Crippen LogP contribution in [0.15, 0.2) is 65.1 Å². The first-order valence-corrected chi connectivity index (χ1v) is 10.6. The van der Waals surface area contributed by atoms with E-state index >= 15 is 0 Å². The van der Waals surface area contributed by atoms with Crippen molar-refractivity contribution in [2.45, 2.75) is 31.1 Å². The number of alkyl halides is 3. The number of halogens is 4. The Morgan fingerprint density at radius 3 is 2.42 bits per heavy atom. The molecule has 1 aliphatic rings. The molecule has 0 unspecified atom stereocenters. The molecule has 0 fully saturated rings. The lowest BCUT2D eigenvalue weighted by Gasteiger charge is -2.33. The van der Waals surface area contributed by atoms with Gasteiger partial charge in [-0.05, 0) is 33.5 Å². The highest BCUT2D eigenvalue weighted by Gasteiger charge is 2.47. The minimum atomic E-state index is -4.50. The van der Waals surface area contributed by atoms with Crippen molar-refractivity contribution in [1.82, 2.24) is 15.1 Å². The van der Waals surface area contributed by atoms with Gasteiger partial charge in [-0.2, -0.15) is 18.3 Å². The number of rotatable bonds is 5. The van der Waals surface area contributed by atoms with Crippen LogP contribution < -0.4 is 10.6 Å². The van der Waals surface area contributed by atoms with Crippen molar-refractivity contribution < 1.29 is 18.0 Å². The van der Waals surface area contributed by atoms with Crippen molar-refractivity contribution in [3.05, 3.63) is 82.0 Å². The highest BCUT2D eigenvalue weighted by atomic mass is 79.9. The van der Waals surface area contributed by atoms with Gasteiger partial charge in [-0.1, -0.05) is 60.7 Å². The molecule has 0 spiro atoms. The summed E-state index contributed by atoms with van der Waals surface area (Å²) < 4.78 is 42.6. The monoisotopic (exact) mass is 492 g/mol. The molecule has 9 heteroatoms. The maximum atomic E-state index is 13.8. The first kappa shape index (κ1) is 21.4. The SMILES string of the molecule is O=C(NCCc1ccccc1)c1nn2c(c1Br)N[C@@H](c1ccccc1)C[C@@H]2C(F)(F)F. The van der Waals surface area contributed by atoms with Crippen molar-refractivity contribution in [2.75, 3.05) is 11.9 Å². The second-order valence-corrected chi connectivity index (χ2v) is 8.14. The molecule has 4 rings (SSSR count). The Kier molecular flexibility index (Phi) is 6.04. The molecule has 1 aromatic heterocycles. The summed E-state index contributed by atoms with van der Waals surface area (Å²) in [7, 11) is 0. The van der Waals surface area contributed by atoms with Gasteiger partial charge in [0.2, 0.25) is 0 Å². The smallest absolute Gasteiger partial charge is 0.362 e. The molecule has 3 aromatic rings. The lowest BCUT2D eigenvalue weighted by Crippen LogP contribution is -2.36. The van der Waals surface area contributed by atoms with Gasteiger partial charge in [-0.15, -0.1) is 0 Å². The van der Waals surface area contributed by atoms with Crippen LogP contribution in [0.5, 0.6) is 0 Å². The number of nitrogens with zero attached hydrogens (tertiary/aromatic N) is 2. The Labute approximate surface area is 185 Å². The van der Waals surface area contributed by atoms with Crippen molar-refractivity contribution in [3.8, 4) is 0 Å². The van der Waals surface area contributed by atoms with Crippen LogP contribution in [0.3, 0.4) is 0 Å². The third-order valence-electron chi connectivity index (χ3n) is 5.25. The maximum absolute atomic E-state index is 13.8. The third-order valence-corrected chi connectivity index (χ3v) is 6.01. The van der Waals surface area contributed by atoms with Crippen molar-refractivity contribution in [2.24, 2.45) is 0 Å². The standard InChI is InChI=1S/C22H20BrF3N4O/c23-18-19(21(31)27-12-11-14-7-3-1-4-8-14)29-30-17(22(24,25)26)13-16(28-20(18)30)15-9-5-2-6-10-15/h1-10,16-17,28H,11-13H2,(H,27,31)/t16-,17-/m1/s1. The summed E-state index contributed by atoms with van der Waals surface area (Å²) in [5.41, 5.74) is 1.72. The summed E-state index contributed by atoms with van der Waals surface area (Å²) in [6.45, 7) is 0.347. The molecule has 0 saturated heterocycles. The van der Waals surface area contributed by atoms with Crippen LogP contribution in [0.4, 0.5) is 19.0 Å². The van der Waals surface area contributed by atoms with E-state index in [9.17, 15) is 18.0 Å². The normalized spacial score (nSPS) is 18.2. The second kappa shape index (κ2) is 8.74. The van der Waals surface area contributed by atoms with Crippen LogP contribution in [-0.4, -0.2) is 28.4 Å². The lowest BCUT2D eigenvalue weighted by atomic mass is 9.97. The largest absolute Gasteiger partial charge is 0.410 e. The molecule has 1 amide bonds. The van der Waals surface area contributed by atoms with Gasteiger partial charge in [0.25, 0.3) is 5.91 Å². The molecule has 2 aromatic carbocycles. The van der Waals surface area contributed by atoms with Crippen LogP contribution in [0.1, 0.15) is 40.1 Å². The zero-order valence-electron chi connectivity index (χ0n) is 16.4. The number of aromatic nitrogens is 2. The highest BCUT2D eigenvalue weighted by molar-refractivity contribution is 9.10. The average Bonchev–Trinajstić information content (AvgIpc) is 3.10. The van der Waals surface area contributed by atoms with Gasteiger partial charge in [0.1, 0.15) is 5.82 Å². The zero-order valence-corrected chi connectivity index (χ0v) is 18.0. The van der Waals surface area contributed by atoms with E-state index < -0.39 is 24.2 Å². The van der Waals surface area contributed by atoms with Crippen molar-refractivity contribution >= 4 is 27.7 Å². The molecule has 0 radical (unpaired) electrons. The van der Waals surface area contributed by atoms with E-state index in [1.54, 1.807) is 24.3 Å². The van der Waals surface area contributed by atoms with E-state index in [1.165, 1.54) is 0 Å². The number of benzene rings is 2. The number of carbonyl (C=O) groups is 1. The minimum Gasteiger partial charge on any atom is -0.362 e. The van der Waals surface area contributed by atoms with E-state index in [-0.39, 0.29) is 22.4 Å². The van der Waals surface area contributed by atoms with Crippen molar-refractivity contribution in [3.63, 3.8) is 0 Å². The number of anilines is 1. The quantitative estimate of drug-likeness (QED) is 0.509. The van der Waals surface area contributed by atoms with Crippen LogP contribution in [-0.2, 0) is 6.42 Å². The van der Waals surface area contributed by atoms with Crippen LogP contribution in [0.2, 0.25) is 0 Å². The van der Waals surface area contributed by atoms with Gasteiger partial charge in [0.15, 0.2) is 11.7 Å². The fourth-order valence-electron chi connectivity index (χ4n) is 3.69. The Hall–Kier alpha value is -2.81. The van der Waals surface area contributed by atoms with Crippen LogP contribution >= 0.6 is 15.9 Å². The summed E-state index contributed by atoms with van der Waals surface area (Å²) in [5.74, 6) is -0.376. The molecule has 0 aliphatic carbocycles. The predicted octanol–water partition coefficient (Wildman–Crippen LogP) is 5.28. The molecule has 2 N–H and O–H groups in total. The topological polar surface area (TPSA) is 59.0 Å². The summed E-state index contributed by atoms with van der Waals surface area (Å²) in [4.78, 5) is 12.7. The minimum absolute atomic E-state index is 0.0708. The van der Waals surface area contributed by atoms with E-state index in [0.717, 1.165) is 15.8 Å². The second-order valence-electron chi connectivity index (χ2n) is 7.35. The van der Waals surface area contributed by atoms with Gasteiger partial charge in [0, 0.05) is 13.0 Å². The first-order chi connectivity index (χ1) is 14.8. The Bertz CT molecular complexity index is 1050. The van der Waals surface area contributed by atoms with Gasteiger partial charge >= 0.3 is 6.18 Å². The fraction of sp³-hybridized carbons (Fsp3) is 0.273. The Balaban J connectivity index is 1.57. The average molecular weight is 493 g/mol. The van der Waals surface area contributed by atoms with E-state index in [4.69, 9.17) is 0 Å². The van der Waals surface area contributed by atoms with Crippen LogP contribution in [0.25, 0.3) is 0 Å². The van der Waals surface area contributed by atoms with E-state index in [1.807, 2.05) is 36.4 Å². The summed E-state index contributed by atoms with van der Waals surface area (Å²) in [5, 5.41) is 9.88. The first-order valence-electron chi connectivity index (χ1n) is 9.83. The fourth-order valence-corrected chi connectivity index (χ4v) is 4.24. The lowest BCUT2D eigenvalue weighted by molar-refractivity contribution is -0.173. The molecule has 162 valence electrons. The Morgan fingerprint density at radius 1 is 1.13 bits per heavy atom. The van der Waals surface area contributed by atoms with Crippen LogP contribution in [0, 0.1) is 0 Å². The number of hydrogen-bond acceptors (Lipinski definition) is 3. The number of fused-ring (bicyclic) bond motifs is 1. The van der Waals surface area contributed by atoms with Gasteiger partial charge in [-0.3, -0.25) is 4.79 Å². The van der Waals surface area contributed by atoms with Gasteiger partial charge in [0.05, 0.1) is 10.5 Å². The molecule has 2 atom stereocenters. The van der Waals surface area contributed by atoms with E-state index in [2.05, 4.69) is 31.7 Å². The molecular weight excluding hydrogens is 473 g/mol. The zero-order chi connectivity index (χ0) is 22.0. The summed E-state index contributed by atoms with van der Waals surface area (Å²) >= 11 is 3.29. The molecular formula is C22H20BrF3N4O.